The molecule has 1 saturated carbocycles. The Balaban J connectivity index is 2.15. The van der Waals surface area contributed by atoms with E-state index >= 15 is 0 Å². The van der Waals surface area contributed by atoms with Crippen molar-refractivity contribution in [3.8, 4) is 5.75 Å². The second-order valence-electron chi connectivity index (χ2n) is 7.03. The molecular formula is C19H29NO4. The number of ether oxygens (including phenoxy) is 1. The summed E-state index contributed by atoms with van der Waals surface area (Å²) < 4.78 is 5.71. The number of nitrogens with zero attached hydrogens (tertiary/aromatic N) is 1. The fourth-order valence-corrected chi connectivity index (χ4v) is 3.71. The molecule has 0 radical (unpaired) electrons. The largest absolute Gasteiger partial charge is 0.494 e. The molecule has 134 valence electrons. The molecule has 2 rings (SSSR count). The van der Waals surface area contributed by atoms with Crippen molar-refractivity contribution in [1.29, 1.82) is 0 Å². The third kappa shape index (κ3) is 4.71. The number of benzene rings is 1. The van der Waals surface area contributed by atoms with Gasteiger partial charge in [0.05, 0.1) is 12.7 Å². The predicted octanol–water partition coefficient (Wildman–Crippen LogP) is 2.66. The lowest BCUT2D eigenvalue weighted by atomic mass is 9.67. The highest BCUT2D eigenvalue weighted by Gasteiger charge is 2.41. The van der Waals surface area contributed by atoms with Gasteiger partial charge >= 0.3 is 5.97 Å². The highest BCUT2D eigenvalue weighted by atomic mass is 16.5. The van der Waals surface area contributed by atoms with Gasteiger partial charge in [-0.3, -0.25) is 4.79 Å². The molecule has 1 aromatic carbocycles. The lowest BCUT2D eigenvalue weighted by molar-refractivity contribution is -0.137. The minimum atomic E-state index is -0.803. The normalized spacial score (nSPS) is 24.1. The summed E-state index contributed by atoms with van der Waals surface area (Å²) in [6.45, 7) is 1.19. The number of hydrogen-bond acceptors (Lipinski definition) is 4. The van der Waals surface area contributed by atoms with Gasteiger partial charge < -0.3 is 19.8 Å². The van der Waals surface area contributed by atoms with Crippen LogP contribution in [-0.4, -0.2) is 54.4 Å². The minimum absolute atomic E-state index is 0.114. The molecule has 2 N–H and O–H groups in total. The van der Waals surface area contributed by atoms with Crippen LogP contribution in [0.15, 0.2) is 24.3 Å². The van der Waals surface area contributed by atoms with Crippen molar-refractivity contribution in [2.24, 2.45) is 0 Å². The molecule has 24 heavy (non-hydrogen) atoms. The monoisotopic (exact) mass is 335 g/mol. The molecule has 0 saturated heterocycles. The van der Waals surface area contributed by atoms with Crippen molar-refractivity contribution in [3.63, 3.8) is 0 Å². The molecule has 5 nitrogen and oxygen atoms in total. The van der Waals surface area contributed by atoms with Gasteiger partial charge in [-0.2, -0.15) is 0 Å². The molecule has 5 heteroatoms. The summed E-state index contributed by atoms with van der Waals surface area (Å²) >= 11 is 0. The first kappa shape index (κ1) is 18.7. The van der Waals surface area contributed by atoms with E-state index in [1.54, 1.807) is 0 Å². The van der Waals surface area contributed by atoms with E-state index < -0.39 is 5.97 Å². The molecule has 2 atom stereocenters. The number of aliphatic carboxylic acids is 1. The van der Waals surface area contributed by atoms with E-state index in [-0.39, 0.29) is 17.9 Å². The summed E-state index contributed by atoms with van der Waals surface area (Å²) in [6, 6.07) is 7.93. The number of hydrogen-bond donors (Lipinski definition) is 2. The molecule has 1 aliphatic rings. The summed E-state index contributed by atoms with van der Waals surface area (Å²) in [7, 11) is 4.07. The summed E-state index contributed by atoms with van der Waals surface area (Å²) in [5, 5.41) is 19.4. The number of likely N-dealkylation sites (N-methyl/N-ethyl adjacent to an activating group) is 1. The summed E-state index contributed by atoms with van der Waals surface area (Å²) in [5.74, 6) is -0.0589. The van der Waals surface area contributed by atoms with Crippen molar-refractivity contribution >= 4 is 5.97 Å². The van der Waals surface area contributed by atoms with E-state index in [1.165, 1.54) is 0 Å². The smallest absolute Gasteiger partial charge is 0.303 e. The molecule has 0 unspecified atom stereocenters. The molecule has 0 bridgehead atoms. The molecule has 0 amide bonds. The van der Waals surface area contributed by atoms with E-state index in [4.69, 9.17) is 9.84 Å². The third-order valence-corrected chi connectivity index (χ3v) is 4.80. The number of rotatable bonds is 8. The number of aliphatic hydroxyl groups excluding tert-OH is 1. The van der Waals surface area contributed by atoms with Crippen molar-refractivity contribution in [2.45, 2.75) is 50.0 Å². The van der Waals surface area contributed by atoms with Gasteiger partial charge in [0.2, 0.25) is 0 Å². The van der Waals surface area contributed by atoms with Gasteiger partial charge in [0, 0.05) is 18.4 Å². The second-order valence-corrected chi connectivity index (χ2v) is 7.03. The summed E-state index contributed by atoms with van der Waals surface area (Å²) in [5.41, 5.74) is 0.849. The van der Waals surface area contributed by atoms with Gasteiger partial charge in [0.25, 0.3) is 0 Å². The van der Waals surface area contributed by atoms with Crippen LogP contribution in [0.2, 0.25) is 0 Å². The topological polar surface area (TPSA) is 70.0 Å². The highest BCUT2D eigenvalue weighted by molar-refractivity contribution is 5.66. The highest BCUT2D eigenvalue weighted by Crippen LogP contribution is 2.41. The molecule has 0 aromatic heterocycles. The molecular weight excluding hydrogens is 306 g/mol. The zero-order valence-corrected chi connectivity index (χ0v) is 14.7. The van der Waals surface area contributed by atoms with Crippen molar-refractivity contribution in [3.05, 3.63) is 29.8 Å². The van der Waals surface area contributed by atoms with E-state index in [9.17, 15) is 9.90 Å². The van der Waals surface area contributed by atoms with Gasteiger partial charge in [-0.15, -0.1) is 0 Å². The fraction of sp³-hybridized carbons (Fsp3) is 0.632. The standard InChI is InChI=1S/C19H29NO4/c1-20(2)14-19(11-4-3-9-17(19)21)15-7-5-8-16(13-15)24-12-6-10-18(22)23/h5,7-8,13,17,21H,3-4,6,9-12,14H2,1-2H3,(H,22,23)/t17-,19+/m0/s1. The zero-order chi connectivity index (χ0) is 17.6. The van der Waals surface area contributed by atoms with Gasteiger partial charge in [-0.25, -0.2) is 0 Å². The van der Waals surface area contributed by atoms with E-state index in [1.807, 2.05) is 32.3 Å². The SMILES string of the molecule is CN(C)C[C@@]1(c2cccc(OCCCC(=O)O)c2)CCCC[C@@H]1O. The van der Waals surface area contributed by atoms with Crippen LogP contribution in [0.3, 0.4) is 0 Å². The summed E-state index contributed by atoms with van der Waals surface area (Å²) in [6.07, 6.45) is 4.24. The third-order valence-electron chi connectivity index (χ3n) is 4.80. The van der Waals surface area contributed by atoms with Crippen LogP contribution in [0.5, 0.6) is 5.75 Å². The Bertz CT molecular complexity index is 546. The Hall–Kier alpha value is -1.59. The number of carbonyl (C=O) groups is 1. The van der Waals surface area contributed by atoms with Crippen LogP contribution >= 0.6 is 0 Å². The van der Waals surface area contributed by atoms with Crippen molar-refractivity contribution in [2.75, 3.05) is 27.2 Å². The minimum Gasteiger partial charge on any atom is -0.494 e. The maximum Gasteiger partial charge on any atom is 0.303 e. The van der Waals surface area contributed by atoms with Crippen LogP contribution in [0.4, 0.5) is 0 Å². The first-order valence-electron chi connectivity index (χ1n) is 8.72. The maximum absolute atomic E-state index is 10.8. The van der Waals surface area contributed by atoms with Crippen molar-refractivity contribution in [1.82, 2.24) is 4.90 Å². The van der Waals surface area contributed by atoms with Gasteiger partial charge in [0.1, 0.15) is 5.75 Å². The number of carboxylic acids is 1. The molecule has 0 aliphatic heterocycles. The van der Waals surface area contributed by atoms with Crippen LogP contribution in [0, 0.1) is 0 Å². The second kappa shape index (κ2) is 8.49. The Morgan fingerprint density at radius 2 is 2.17 bits per heavy atom. The fourth-order valence-electron chi connectivity index (χ4n) is 3.71. The molecule has 0 heterocycles. The Kier molecular flexibility index (Phi) is 6.63. The summed E-state index contributed by atoms with van der Waals surface area (Å²) in [4.78, 5) is 12.7. The van der Waals surface area contributed by atoms with E-state index in [2.05, 4.69) is 11.0 Å². The van der Waals surface area contributed by atoms with Gasteiger partial charge in [0.15, 0.2) is 0 Å². The van der Waals surface area contributed by atoms with Crippen molar-refractivity contribution < 1.29 is 19.7 Å². The zero-order valence-electron chi connectivity index (χ0n) is 14.7. The molecule has 1 fully saturated rings. The average molecular weight is 335 g/mol. The predicted molar refractivity (Wildman–Crippen MR) is 93.5 cm³/mol. The van der Waals surface area contributed by atoms with Gasteiger partial charge in [-0.1, -0.05) is 25.0 Å². The van der Waals surface area contributed by atoms with E-state index in [0.29, 0.717) is 13.0 Å². The molecule has 1 aliphatic carbocycles. The van der Waals surface area contributed by atoms with E-state index in [0.717, 1.165) is 43.5 Å². The molecule has 0 spiro atoms. The van der Waals surface area contributed by atoms with Crippen LogP contribution in [0.1, 0.15) is 44.1 Å². The van der Waals surface area contributed by atoms with Crippen LogP contribution in [0.25, 0.3) is 0 Å². The first-order valence-corrected chi connectivity index (χ1v) is 8.72. The number of carboxylic acid groups (broad SMARTS) is 1. The van der Waals surface area contributed by atoms with Crippen LogP contribution < -0.4 is 4.74 Å². The number of aliphatic hydroxyl groups is 1. The molecule has 1 aromatic rings. The Morgan fingerprint density at radius 3 is 2.83 bits per heavy atom. The lowest BCUT2D eigenvalue weighted by Crippen LogP contribution is -2.49. The lowest BCUT2D eigenvalue weighted by Gasteiger charge is -2.44. The maximum atomic E-state index is 10.8. The van der Waals surface area contributed by atoms with Crippen LogP contribution in [-0.2, 0) is 10.2 Å². The average Bonchev–Trinajstić information content (AvgIpc) is 2.53. The first-order chi connectivity index (χ1) is 11.4. The Labute approximate surface area is 144 Å². The quantitative estimate of drug-likeness (QED) is 0.715. The Morgan fingerprint density at radius 1 is 1.38 bits per heavy atom. The van der Waals surface area contributed by atoms with Gasteiger partial charge in [-0.05, 0) is 51.1 Å².